The second-order valence-electron chi connectivity index (χ2n) is 3.63. The number of nitrogens with zero attached hydrogens (tertiary/aromatic N) is 2. The third kappa shape index (κ3) is 2.54. The van der Waals surface area contributed by atoms with Gasteiger partial charge in [0.2, 0.25) is 0 Å². The van der Waals surface area contributed by atoms with Crippen LogP contribution in [-0.4, -0.2) is 17.3 Å². The average molecular weight is 248 g/mol. The molecule has 5 heteroatoms. The summed E-state index contributed by atoms with van der Waals surface area (Å²) in [5, 5.41) is 8.58. The minimum Gasteiger partial charge on any atom is -0.362 e. The number of thiazole rings is 1. The average Bonchev–Trinajstić information content (AvgIpc) is 2.66. The summed E-state index contributed by atoms with van der Waals surface area (Å²) in [5.41, 5.74) is 0.927. The minimum absolute atomic E-state index is 0.0133. The predicted octanol–water partition coefficient (Wildman–Crippen LogP) is 1.99. The highest BCUT2D eigenvalue weighted by Gasteiger charge is 2.07. The zero-order valence-electron chi connectivity index (χ0n) is 9.42. The van der Waals surface area contributed by atoms with Crippen LogP contribution in [0.2, 0.25) is 0 Å². The summed E-state index contributed by atoms with van der Waals surface area (Å²) in [6.07, 6.45) is -0.435. The van der Waals surface area contributed by atoms with Crippen LogP contribution in [0, 0.1) is 11.3 Å². The summed E-state index contributed by atoms with van der Waals surface area (Å²) >= 11 is 1.23. The zero-order chi connectivity index (χ0) is 12.3. The highest BCUT2D eigenvalue weighted by Crippen LogP contribution is 2.16. The second-order valence-corrected chi connectivity index (χ2v) is 4.62. The second kappa shape index (κ2) is 5.13. The molecule has 2 rings (SSSR count). The molecule has 0 N–H and O–H groups in total. The molecule has 0 aliphatic heterocycles. The molecular weight excluding hydrogens is 236 g/mol. The standard InChI is InChI=1S/C12H12N2O2S/c1-9(8-13)16-7-6-14-10-4-2-3-5-11(10)17-12(14)15/h2-5,9H,6-7H2,1H3. The smallest absolute Gasteiger partial charge is 0.308 e. The Hall–Kier alpha value is -1.64. The Balaban J connectivity index is 2.16. The van der Waals surface area contributed by atoms with E-state index in [1.807, 2.05) is 30.3 Å². The van der Waals surface area contributed by atoms with Crippen molar-refractivity contribution >= 4 is 21.6 Å². The molecule has 1 atom stereocenters. The lowest BCUT2D eigenvalue weighted by Crippen LogP contribution is -2.18. The number of rotatable bonds is 4. The molecule has 17 heavy (non-hydrogen) atoms. The van der Waals surface area contributed by atoms with Crippen molar-refractivity contribution in [1.82, 2.24) is 4.57 Å². The fourth-order valence-corrected chi connectivity index (χ4v) is 2.50. The van der Waals surface area contributed by atoms with E-state index in [-0.39, 0.29) is 4.87 Å². The van der Waals surface area contributed by atoms with Crippen LogP contribution >= 0.6 is 11.3 Å². The Bertz CT molecular complexity index is 609. The normalized spacial score (nSPS) is 12.5. The van der Waals surface area contributed by atoms with Gasteiger partial charge in [-0.1, -0.05) is 23.5 Å². The molecule has 2 aromatic rings. The summed E-state index contributed by atoms with van der Waals surface area (Å²) in [6, 6.07) is 9.65. The van der Waals surface area contributed by atoms with Gasteiger partial charge in [0, 0.05) is 0 Å². The molecule has 0 saturated heterocycles. The number of fused-ring (bicyclic) bond motifs is 1. The molecule has 0 aliphatic rings. The number of hydrogen-bond donors (Lipinski definition) is 0. The highest BCUT2D eigenvalue weighted by molar-refractivity contribution is 7.16. The Morgan fingerprint density at radius 2 is 2.29 bits per heavy atom. The summed E-state index contributed by atoms with van der Waals surface area (Å²) in [4.78, 5) is 11.8. The first kappa shape index (κ1) is 11.8. The number of para-hydroxylation sites is 1. The van der Waals surface area contributed by atoms with E-state index >= 15 is 0 Å². The molecule has 1 heterocycles. The zero-order valence-corrected chi connectivity index (χ0v) is 10.2. The number of nitriles is 1. The van der Waals surface area contributed by atoms with Gasteiger partial charge in [0.05, 0.1) is 29.4 Å². The van der Waals surface area contributed by atoms with Crippen molar-refractivity contribution in [3.05, 3.63) is 33.9 Å². The van der Waals surface area contributed by atoms with E-state index < -0.39 is 6.10 Å². The van der Waals surface area contributed by atoms with Crippen LogP contribution in [0.3, 0.4) is 0 Å². The first-order valence-corrected chi connectivity index (χ1v) is 6.13. The SMILES string of the molecule is CC(C#N)OCCn1c(=O)sc2ccccc21. The van der Waals surface area contributed by atoms with E-state index in [1.165, 1.54) is 11.3 Å². The van der Waals surface area contributed by atoms with Crippen LogP contribution < -0.4 is 4.87 Å². The molecule has 0 radical (unpaired) electrons. The Labute approximate surface area is 103 Å². The lowest BCUT2D eigenvalue weighted by atomic mass is 10.3. The van der Waals surface area contributed by atoms with Crippen LogP contribution in [0.4, 0.5) is 0 Å². The van der Waals surface area contributed by atoms with Gasteiger partial charge in [-0.3, -0.25) is 9.36 Å². The van der Waals surface area contributed by atoms with E-state index in [1.54, 1.807) is 11.5 Å². The van der Waals surface area contributed by atoms with Crippen LogP contribution in [0.1, 0.15) is 6.92 Å². The van der Waals surface area contributed by atoms with E-state index in [9.17, 15) is 4.79 Å². The molecule has 0 bridgehead atoms. The Morgan fingerprint density at radius 1 is 1.53 bits per heavy atom. The molecule has 1 aromatic carbocycles. The van der Waals surface area contributed by atoms with Gasteiger partial charge in [0.15, 0.2) is 0 Å². The number of ether oxygens (including phenoxy) is 1. The molecule has 0 amide bonds. The maximum absolute atomic E-state index is 11.7. The van der Waals surface area contributed by atoms with Crippen molar-refractivity contribution in [3.8, 4) is 6.07 Å². The van der Waals surface area contributed by atoms with Crippen molar-refractivity contribution < 1.29 is 4.74 Å². The number of benzene rings is 1. The minimum atomic E-state index is -0.435. The molecule has 0 saturated carbocycles. The molecular formula is C12H12N2O2S. The van der Waals surface area contributed by atoms with Gasteiger partial charge in [-0.2, -0.15) is 5.26 Å². The Kier molecular flexibility index (Phi) is 3.57. The summed E-state index contributed by atoms with van der Waals surface area (Å²) in [7, 11) is 0. The molecule has 88 valence electrons. The van der Waals surface area contributed by atoms with Gasteiger partial charge in [-0.25, -0.2) is 0 Å². The molecule has 1 unspecified atom stereocenters. The number of aromatic nitrogens is 1. The first-order chi connectivity index (χ1) is 8.22. The van der Waals surface area contributed by atoms with Crippen LogP contribution in [0.5, 0.6) is 0 Å². The van der Waals surface area contributed by atoms with E-state index in [2.05, 4.69) is 0 Å². The lowest BCUT2D eigenvalue weighted by Gasteiger charge is -2.06. The van der Waals surface area contributed by atoms with Gasteiger partial charge in [-0.05, 0) is 19.1 Å². The van der Waals surface area contributed by atoms with Crippen molar-refractivity contribution in [1.29, 1.82) is 5.26 Å². The Morgan fingerprint density at radius 3 is 3.06 bits per heavy atom. The fourth-order valence-electron chi connectivity index (χ4n) is 1.58. The summed E-state index contributed by atoms with van der Waals surface area (Å²) < 4.78 is 7.91. The molecule has 0 spiro atoms. The van der Waals surface area contributed by atoms with Crippen molar-refractivity contribution in [2.75, 3.05) is 6.61 Å². The van der Waals surface area contributed by atoms with Gasteiger partial charge < -0.3 is 4.74 Å². The van der Waals surface area contributed by atoms with Crippen molar-refractivity contribution in [2.45, 2.75) is 19.6 Å². The third-order valence-corrected chi connectivity index (χ3v) is 3.40. The summed E-state index contributed by atoms with van der Waals surface area (Å²) in [5.74, 6) is 0. The largest absolute Gasteiger partial charge is 0.362 e. The maximum atomic E-state index is 11.7. The van der Waals surface area contributed by atoms with Crippen LogP contribution in [0.25, 0.3) is 10.2 Å². The third-order valence-electron chi connectivity index (χ3n) is 2.44. The van der Waals surface area contributed by atoms with E-state index in [4.69, 9.17) is 10.00 Å². The van der Waals surface area contributed by atoms with Gasteiger partial charge in [0.1, 0.15) is 6.10 Å². The molecule has 4 nitrogen and oxygen atoms in total. The summed E-state index contributed by atoms with van der Waals surface area (Å²) in [6.45, 7) is 2.54. The maximum Gasteiger partial charge on any atom is 0.308 e. The molecule has 0 aliphatic carbocycles. The van der Waals surface area contributed by atoms with Crippen molar-refractivity contribution in [2.24, 2.45) is 0 Å². The fraction of sp³-hybridized carbons (Fsp3) is 0.333. The molecule has 0 fully saturated rings. The van der Waals surface area contributed by atoms with Crippen molar-refractivity contribution in [3.63, 3.8) is 0 Å². The van der Waals surface area contributed by atoms with Crippen LogP contribution in [0.15, 0.2) is 29.1 Å². The van der Waals surface area contributed by atoms with Crippen LogP contribution in [-0.2, 0) is 11.3 Å². The van der Waals surface area contributed by atoms with Gasteiger partial charge in [0.25, 0.3) is 0 Å². The monoisotopic (exact) mass is 248 g/mol. The van der Waals surface area contributed by atoms with Gasteiger partial charge >= 0.3 is 4.87 Å². The lowest BCUT2D eigenvalue weighted by molar-refractivity contribution is 0.0956. The van der Waals surface area contributed by atoms with E-state index in [0.717, 1.165) is 10.2 Å². The number of hydrogen-bond acceptors (Lipinski definition) is 4. The van der Waals surface area contributed by atoms with Gasteiger partial charge in [-0.15, -0.1) is 0 Å². The molecule has 1 aromatic heterocycles. The quantitative estimate of drug-likeness (QED) is 0.831. The topological polar surface area (TPSA) is 55.0 Å². The highest BCUT2D eigenvalue weighted by atomic mass is 32.1. The first-order valence-electron chi connectivity index (χ1n) is 5.32. The predicted molar refractivity (Wildman–Crippen MR) is 67.1 cm³/mol. The van der Waals surface area contributed by atoms with E-state index in [0.29, 0.717) is 13.2 Å².